The first kappa shape index (κ1) is 19.9. The van der Waals surface area contributed by atoms with Crippen LogP contribution in [0.3, 0.4) is 0 Å². The Labute approximate surface area is 162 Å². The number of carbonyl (C=O) groups is 1. The average molecular weight is 372 g/mol. The highest BCUT2D eigenvalue weighted by Gasteiger charge is 2.36. The number of pyridine rings is 1. The van der Waals surface area contributed by atoms with Gasteiger partial charge in [-0.2, -0.15) is 0 Å². The fraction of sp³-hybridized carbons (Fsp3) is 0.636. The Balaban J connectivity index is 1.82. The second kappa shape index (κ2) is 8.01. The second-order valence-electron chi connectivity index (χ2n) is 8.73. The first-order valence-electron chi connectivity index (χ1n) is 10.1. The molecule has 2 atom stereocenters. The summed E-state index contributed by atoms with van der Waals surface area (Å²) in [6.45, 7) is 11.9. The topological polar surface area (TPSA) is 45.5 Å². The minimum atomic E-state index is -0.177. The Bertz CT molecular complexity index is 789. The molecule has 0 unspecified atom stereocenters. The molecule has 27 heavy (non-hydrogen) atoms. The summed E-state index contributed by atoms with van der Waals surface area (Å²) >= 11 is 0. The maximum absolute atomic E-state index is 13.2. The van der Waals surface area contributed by atoms with Gasteiger partial charge >= 0.3 is 0 Å². The van der Waals surface area contributed by atoms with E-state index in [9.17, 15) is 9.59 Å². The summed E-state index contributed by atoms with van der Waals surface area (Å²) in [5.41, 5.74) is 2.42. The molecule has 0 aromatic carbocycles. The zero-order valence-corrected chi connectivity index (χ0v) is 17.4. The van der Waals surface area contributed by atoms with Crippen LogP contribution in [-0.2, 0) is 7.05 Å². The van der Waals surface area contributed by atoms with Gasteiger partial charge in [0.1, 0.15) is 5.56 Å². The van der Waals surface area contributed by atoms with Crippen molar-refractivity contribution >= 4 is 5.91 Å². The first-order valence-corrected chi connectivity index (χ1v) is 10.1. The molecule has 1 amide bonds. The number of piperidine rings is 1. The van der Waals surface area contributed by atoms with Crippen molar-refractivity contribution in [2.24, 2.45) is 13.0 Å². The van der Waals surface area contributed by atoms with Crippen molar-refractivity contribution in [3.05, 3.63) is 45.4 Å². The minimum Gasteiger partial charge on any atom is -0.337 e. The molecular weight excluding hydrogens is 338 g/mol. The predicted molar refractivity (Wildman–Crippen MR) is 109 cm³/mol. The molecule has 1 aromatic heterocycles. The highest BCUT2D eigenvalue weighted by atomic mass is 16.2. The normalized spacial score (nSPS) is 22.8. The van der Waals surface area contributed by atoms with Crippen LogP contribution in [-0.4, -0.2) is 52.5 Å². The number of rotatable bonds is 4. The summed E-state index contributed by atoms with van der Waals surface area (Å²) in [5, 5.41) is 0. The monoisotopic (exact) mass is 371 g/mol. The van der Waals surface area contributed by atoms with Crippen molar-refractivity contribution in [3.63, 3.8) is 0 Å². The van der Waals surface area contributed by atoms with Crippen molar-refractivity contribution in [1.82, 2.24) is 14.4 Å². The zero-order chi connectivity index (χ0) is 19.7. The Morgan fingerprint density at radius 3 is 2.59 bits per heavy atom. The second-order valence-corrected chi connectivity index (χ2v) is 8.73. The lowest BCUT2D eigenvalue weighted by atomic mass is 9.95. The van der Waals surface area contributed by atoms with Gasteiger partial charge < -0.3 is 9.47 Å². The summed E-state index contributed by atoms with van der Waals surface area (Å²) in [5.74, 6) is 0.647. The summed E-state index contributed by atoms with van der Waals surface area (Å²) < 4.78 is 1.63. The zero-order valence-electron chi connectivity index (χ0n) is 17.4. The predicted octanol–water partition coefficient (Wildman–Crippen LogP) is 3.01. The van der Waals surface area contributed by atoms with Crippen molar-refractivity contribution < 1.29 is 4.79 Å². The molecule has 148 valence electrons. The SMILES string of the molecule is CC(C)=CCN1C[C@H]2CC[C@@H]1CN(C(=O)c1ccc(C(C)C)n(C)c1=O)C2. The van der Waals surface area contributed by atoms with E-state index in [1.54, 1.807) is 17.7 Å². The lowest BCUT2D eigenvalue weighted by molar-refractivity contribution is 0.0738. The number of allylic oxidation sites excluding steroid dienone is 1. The van der Waals surface area contributed by atoms with E-state index in [-0.39, 0.29) is 17.4 Å². The minimum absolute atomic E-state index is 0.105. The van der Waals surface area contributed by atoms with Gasteiger partial charge in [0, 0.05) is 45.0 Å². The van der Waals surface area contributed by atoms with Crippen LogP contribution in [0.5, 0.6) is 0 Å². The molecule has 0 saturated carbocycles. The van der Waals surface area contributed by atoms with Crippen molar-refractivity contribution in [3.8, 4) is 0 Å². The maximum Gasteiger partial charge on any atom is 0.263 e. The van der Waals surface area contributed by atoms with Gasteiger partial charge in [0.05, 0.1) is 0 Å². The molecule has 0 radical (unpaired) electrons. The molecule has 5 nitrogen and oxygen atoms in total. The smallest absolute Gasteiger partial charge is 0.263 e. The van der Waals surface area contributed by atoms with Crippen LogP contribution in [0, 0.1) is 5.92 Å². The average Bonchev–Trinajstić information content (AvgIpc) is 2.93. The number of hydrogen-bond donors (Lipinski definition) is 0. The van der Waals surface area contributed by atoms with E-state index >= 15 is 0 Å². The van der Waals surface area contributed by atoms with Gasteiger partial charge in [-0.3, -0.25) is 14.5 Å². The van der Waals surface area contributed by atoms with E-state index in [0.717, 1.165) is 38.3 Å². The molecule has 3 saturated heterocycles. The molecule has 3 fully saturated rings. The van der Waals surface area contributed by atoms with Crippen LogP contribution in [0.2, 0.25) is 0 Å². The van der Waals surface area contributed by atoms with Crippen molar-refractivity contribution in [1.29, 1.82) is 0 Å². The molecule has 2 bridgehead atoms. The number of nitrogens with zero attached hydrogens (tertiary/aromatic N) is 3. The third kappa shape index (κ3) is 4.18. The lowest BCUT2D eigenvalue weighted by Crippen LogP contribution is -2.45. The molecule has 0 spiro atoms. The molecule has 0 aliphatic carbocycles. The van der Waals surface area contributed by atoms with Gasteiger partial charge in [-0.25, -0.2) is 0 Å². The molecule has 3 aliphatic rings. The van der Waals surface area contributed by atoms with Crippen LogP contribution in [0.15, 0.2) is 28.6 Å². The Morgan fingerprint density at radius 1 is 1.19 bits per heavy atom. The fourth-order valence-corrected chi connectivity index (χ4v) is 4.43. The summed E-state index contributed by atoms with van der Waals surface area (Å²) in [7, 11) is 1.77. The van der Waals surface area contributed by atoms with E-state index in [0.29, 0.717) is 17.5 Å². The third-order valence-corrected chi connectivity index (χ3v) is 6.01. The highest BCUT2D eigenvalue weighted by molar-refractivity contribution is 5.94. The van der Waals surface area contributed by atoms with Crippen LogP contribution >= 0.6 is 0 Å². The van der Waals surface area contributed by atoms with Crippen LogP contribution in [0.1, 0.15) is 62.5 Å². The van der Waals surface area contributed by atoms with Crippen molar-refractivity contribution in [2.75, 3.05) is 26.2 Å². The fourth-order valence-electron chi connectivity index (χ4n) is 4.43. The van der Waals surface area contributed by atoms with E-state index in [1.807, 2.05) is 11.0 Å². The summed E-state index contributed by atoms with van der Waals surface area (Å²) in [6, 6.07) is 4.04. The standard InChI is InChI=1S/C22H33N3O2/c1-15(2)10-11-24-12-17-6-7-18(24)14-25(13-17)22(27)19-8-9-20(16(3)4)23(5)21(19)26/h8-10,16-18H,6-7,11-14H2,1-5H3/t17-,18-/m1/s1. The Morgan fingerprint density at radius 2 is 1.93 bits per heavy atom. The van der Waals surface area contributed by atoms with Gasteiger partial charge in [0.15, 0.2) is 0 Å². The molecule has 4 heterocycles. The first-order chi connectivity index (χ1) is 12.8. The van der Waals surface area contributed by atoms with E-state index in [1.165, 1.54) is 12.0 Å². The van der Waals surface area contributed by atoms with Crippen molar-refractivity contribution in [2.45, 2.75) is 52.5 Å². The van der Waals surface area contributed by atoms with E-state index < -0.39 is 0 Å². The van der Waals surface area contributed by atoms with Crippen LogP contribution < -0.4 is 5.56 Å². The van der Waals surface area contributed by atoms with Gasteiger partial charge in [-0.05, 0) is 50.7 Å². The number of amides is 1. The molecule has 0 N–H and O–H groups in total. The quantitative estimate of drug-likeness (QED) is 0.765. The number of carbonyl (C=O) groups excluding carboxylic acids is 1. The molecule has 3 aliphatic heterocycles. The summed E-state index contributed by atoms with van der Waals surface area (Å²) in [6.07, 6.45) is 4.58. The Kier molecular flexibility index (Phi) is 5.89. The van der Waals surface area contributed by atoms with Crippen LogP contribution in [0.4, 0.5) is 0 Å². The number of fused-ring (bicyclic) bond motifs is 4. The third-order valence-electron chi connectivity index (χ3n) is 6.01. The largest absolute Gasteiger partial charge is 0.337 e. The molecular formula is C22H33N3O2. The van der Waals surface area contributed by atoms with Gasteiger partial charge in [-0.1, -0.05) is 25.5 Å². The molecule has 1 aromatic rings. The molecule has 4 rings (SSSR count). The van der Waals surface area contributed by atoms with Gasteiger partial charge in [0.25, 0.3) is 11.5 Å². The van der Waals surface area contributed by atoms with Gasteiger partial charge in [-0.15, -0.1) is 0 Å². The van der Waals surface area contributed by atoms with E-state index in [2.05, 4.69) is 38.7 Å². The molecule has 5 heteroatoms. The van der Waals surface area contributed by atoms with E-state index in [4.69, 9.17) is 0 Å². The highest BCUT2D eigenvalue weighted by Crippen LogP contribution is 2.28. The van der Waals surface area contributed by atoms with Crippen LogP contribution in [0.25, 0.3) is 0 Å². The lowest BCUT2D eigenvalue weighted by Gasteiger charge is -2.35. The summed E-state index contributed by atoms with van der Waals surface area (Å²) in [4.78, 5) is 30.4. The number of aromatic nitrogens is 1. The maximum atomic E-state index is 13.2. The Hall–Kier alpha value is -1.88. The van der Waals surface area contributed by atoms with Gasteiger partial charge in [0.2, 0.25) is 0 Å². The number of hydrogen-bond acceptors (Lipinski definition) is 3.